The standard InChI is InChI=1S/C13H23N3O3/c1-5-7-11(12(17)18)14-13(19)16(8-6-2)10-9-15(3)4/h1,11H,6-10H2,2-4H3,(H,14,19)(H,17,18). The highest BCUT2D eigenvalue weighted by Gasteiger charge is 2.21. The highest BCUT2D eigenvalue weighted by atomic mass is 16.4. The predicted octanol–water partition coefficient (Wildman–Crippen LogP) is 0.446. The second kappa shape index (κ2) is 9.22. The molecule has 0 aromatic heterocycles. The van der Waals surface area contributed by atoms with Crippen molar-refractivity contribution in [2.75, 3.05) is 33.7 Å². The quantitative estimate of drug-likeness (QED) is 0.627. The number of nitrogens with one attached hydrogen (secondary N) is 1. The molecule has 0 aromatic rings. The summed E-state index contributed by atoms with van der Waals surface area (Å²) in [4.78, 5) is 26.5. The van der Waals surface area contributed by atoms with Crippen LogP contribution < -0.4 is 5.32 Å². The van der Waals surface area contributed by atoms with E-state index in [1.54, 1.807) is 4.90 Å². The minimum Gasteiger partial charge on any atom is -0.480 e. The van der Waals surface area contributed by atoms with Gasteiger partial charge in [-0.1, -0.05) is 6.92 Å². The molecule has 6 heteroatoms. The Morgan fingerprint density at radius 3 is 2.37 bits per heavy atom. The average Bonchev–Trinajstić information content (AvgIpc) is 2.33. The first-order valence-electron chi connectivity index (χ1n) is 6.28. The SMILES string of the molecule is C#CCC(NC(=O)N(CCC)CCN(C)C)C(=O)O. The van der Waals surface area contributed by atoms with E-state index in [0.29, 0.717) is 13.1 Å². The largest absolute Gasteiger partial charge is 0.480 e. The van der Waals surface area contributed by atoms with E-state index in [1.165, 1.54) is 0 Å². The fourth-order valence-corrected chi connectivity index (χ4v) is 1.46. The van der Waals surface area contributed by atoms with Crippen molar-refractivity contribution in [1.29, 1.82) is 0 Å². The molecule has 0 aliphatic heterocycles. The fourth-order valence-electron chi connectivity index (χ4n) is 1.46. The first kappa shape index (κ1) is 17.3. The lowest BCUT2D eigenvalue weighted by Crippen LogP contribution is -2.49. The summed E-state index contributed by atoms with van der Waals surface area (Å²) < 4.78 is 0. The van der Waals surface area contributed by atoms with Crippen LogP contribution in [0.2, 0.25) is 0 Å². The van der Waals surface area contributed by atoms with Crippen molar-refractivity contribution in [3.8, 4) is 12.3 Å². The van der Waals surface area contributed by atoms with Gasteiger partial charge in [0.15, 0.2) is 0 Å². The smallest absolute Gasteiger partial charge is 0.327 e. The van der Waals surface area contributed by atoms with Crippen LogP contribution in [0.25, 0.3) is 0 Å². The number of aliphatic carboxylic acids is 1. The van der Waals surface area contributed by atoms with Crippen LogP contribution in [0.3, 0.4) is 0 Å². The van der Waals surface area contributed by atoms with E-state index >= 15 is 0 Å². The van der Waals surface area contributed by atoms with Gasteiger partial charge in [0.05, 0.1) is 0 Å². The van der Waals surface area contributed by atoms with Crippen LogP contribution in [-0.2, 0) is 4.79 Å². The number of urea groups is 1. The highest BCUT2D eigenvalue weighted by Crippen LogP contribution is 1.98. The second-order valence-corrected chi connectivity index (χ2v) is 4.54. The lowest BCUT2D eigenvalue weighted by molar-refractivity contribution is -0.139. The summed E-state index contributed by atoms with van der Waals surface area (Å²) in [5.41, 5.74) is 0. The molecule has 1 unspecified atom stereocenters. The third-order valence-corrected chi connectivity index (χ3v) is 2.52. The van der Waals surface area contributed by atoms with Gasteiger partial charge < -0.3 is 20.2 Å². The molecule has 0 spiro atoms. The number of likely N-dealkylation sites (N-methyl/N-ethyl adjacent to an activating group) is 1. The molecular weight excluding hydrogens is 246 g/mol. The lowest BCUT2D eigenvalue weighted by atomic mass is 10.2. The normalized spacial score (nSPS) is 11.7. The molecule has 0 saturated heterocycles. The third kappa shape index (κ3) is 7.32. The topological polar surface area (TPSA) is 72.9 Å². The van der Waals surface area contributed by atoms with Crippen molar-refractivity contribution < 1.29 is 14.7 Å². The van der Waals surface area contributed by atoms with Crippen LogP contribution in [0, 0.1) is 12.3 Å². The van der Waals surface area contributed by atoms with E-state index in [9.17, 15) is 9.59 Å². The Morgan fingerprint density at radius 1 is 1.32 bits per heavy atom. The number of nitrogens with zero attached hydrogens (tertiary/aromatic N) is 2. The number of terminal acetylenes is 1. The molecule has 0 rings (SSSR count). The monoisotopic (exact) mass is 269 g/mol. The molecule has 0 bridgehead atoms. The molecule has 0 radical (unpaired) electrons. The molecule has 0 fully saturated rings. The maximum Gasteiger partial charge on any atom is 0.327 e. The van der Waals surface area contributed by atoms with Gasteiger partial charge in [-0.2, -0.15) is 0 Å². The number of rotatable bonds is 8. The number of carbonyl (C=O) groups is 2. The van der Waals surface area contributed by atoms with E-state index in [1.807, 2.05) is 25.9 Å². The summed E-state index contributed by atoms with van der Waals surface area (Å²) in [6.07, 6.45) is 5.89. The van der Waals surface area contributed by atoms with E-state index in [0.717, 1.165) is 13.0 Å². The van der Waals surface area contributed by atoms with E-state index < -0.39 is 12.0 Å². The van der Waals surface area contributed by atoms with E-state index in [-0.39, 0.29) is 12.5 Å². The second-order valence-electron chi connectivity index (χ2n) is 4.54. The molecule has 0 aliphatic rings. The van der Waals surface area contributed by atoms with Crippen molar-refractivity contribution in [2.45, 2.75) is 25.8 Å². The molecule has 2 N–H and O–H groups in total. The maximum atomic E-state index is 12.0. The minimum absolute atomic E-state index is 0.0191. The Bertz CT molecular complexity index is 337. The van der Waals surface area contributed by atoms with Gasteiger partial charge in [-0.3, -0.25) is 0 Å². The molecule has 0 saturated carbocycles. The Hall–Kier alpha value is -1.74. The highest BCUT2D eigenvalue weighted by molar-refractivity contribution is 5.82. The first-order chi connectivity index (χ1) is 8.92. The number of carboxylic acids is 1. The maximum absolute atomic E-state index is 12.0. The molecular formula is C13H23N3O3. The Labute approximate surface area is 114 Å². The van der Waals surface area contributed by atoms with Crippen LogP contribution in [0.15, 0.2) is 0 Å². The zero-order chi connectivity index (χ0) is 14.8. The first-order valence-corrected chi connectivity index (χ1v) is 6.28. The fraction of sp³-hybridized carbons (Fsp3) is 0.692. The van der Waals surface area contributed by atoms with Crippen molar-refractivity contribution in [3.05, 3.63) is 0 Å². The molecule has 1 atom stereocenters. The van der Waals surface area contributed by atoms with Crippen molar-refractivity contribution in [3.63, 3.8) is 0 Å². The molecule has 0 aromatic carbocycles. The van der Waals surface area contributed by atoms with Crippen LogP contribution in [0.4, 0.5) is 4.79 Å². The van der Waals surface area contributed by atoms with Crippen molar-refractivity contribution >= 4 is 12.0 Å². The van der Waals surface area contributed by atoms with Gasteiger partial charge in [0, 0.05) is 26.1 Å². The molecule has 0 heterocycles. The van der Waals surface area contributed by atoms with Crippen molar-refractivity contribution in [2.24, 2.45) is 0 Å². The zero-order valence-electron chi connectivity index (χ0n) is 11.8. The summed E-state index contributed by atoms with van der Waals surface area (Å²) in [6.45, 7) is 3.82. The Morgan fingerprint density at radius 2 is 1.95 bits per heavy atom. The Balaban J connectivity index is 4.52. The minimum atomic E-state index is -1.12. The van der Waals surface area contributed by atoms with Gasteiger partial charge in [-0.15, -0.1) is 12.3 Å². The molecule has 0 aliphatic carbocycles. The number of carboxylic acid groups (broad SMARTS) is 1. The summed E-state index contributed by atoms with van der Waals surface area (Å²) >= 11 is 0. The summed E-state index contributed by atoms with van der Waals surface area (Å²) in [5, 5.41) is 11.4. The molecule has 2 amide bonds. The van der Waals surface area contributed by atoms with Crippen LogP contribution in [0.1, 0.15) is 19.8 Å². The predicted molar refractivity (Wildman–Crippen MR) is 73.8 cm³/mol. The van der Waals surface area contributed by atoms with E-state index in [4.69, 9.17) is 11.5 Å². The van der Waals surface area contributed by atoms with Gasteiger partial charge in [-0.25, -0.2) is 9.59 Å². The molecule has 108 valence electrons. The number of amides is 2. The molecule has 19 heavy (non-hydrogen) atoms. The van der Waals surface area contributed by atoms with Crippen LogP contribution in [0.5, 0.6) is 0 Å². The Kier molecular flexibility index (Phi) is 8.38. The van der Waals surface area contributed by atoms with Crippen molar-refractivity contribution in [1.82, 2.24) is 15.1 Å². The van der Waals surface area contributed by atoms with Gasteiger partial charge >= 0.3 is 12.0 Å². The molecule has 6 nitrogen and oxygen atoms in total. The van der Waals surface area contributed by atoms with Gasteiger partial charge in [0.2, 0.25) is 0 Å². The van der Waals surface area contributed by atoms with Gasteiger partial charge in [-0.05, 0) is 20.5 Å². The van der Waals surface area contributed by atoms with Crippen LogP contribution in [-0.4, -0.2) is 66.7 Å². The zero-order valence-corrected chi connectivity index (χ0v) is 11.8. The average molecular weight is 269 g/mol. The van der Waals surface area contributed by atoms with Crippen LogP contribution >= 0.6 is 0 Å². The summed E-state index contributed by atoms with van der Waals surface area (Å²) in [5.74, 6) is 1.14. The number of hydrogen-bond acceptors (Lipinski definition) is 3. The summed E-state index contributed by atoms with van der Waals surface area (Å²) in [7, 11) is 3.83. The van der Waals surface area contributed by atoms with Gasteiger partial charge in [0.1, 0.15) is 6.04 Å². The number of carbonyl (C=O) groups excluding carboxylic acids is 1. The van der Waals surface area contributed by atoms with Gasteiger partial charge in [0.25, 0.3) is 0 Å². The van der Waals surface area contributed by atoms with E-state index in [2.05, 4.69) is 11.2 Å². The summed E-state index contributed by atoms with van der Waals surface area (Å²) in [6, 6.07) is -1.41. The third-order valence-electron chi connectivity index (χ3n) is 2.52. The lowest BCUT2D eigenvalue weighted by Gasteiger charge is -2.25. The number of hydrogen-bond donors (Lipinski definition) is 2.